The Morgan fingerprint density at radius 1 is 1.24 bits per heavy atom. The second-order valence-electron chi connectivity index (χ2n) is 4.58. The summed E-state index contributed by atoms with van der Waals surface area (Å²) in [6, 6.07) is 6.98. The number of methoxy groups -OCH3 is 2. The molecule has 0 radical (unpaired) electrons. The van der Waals surface area contributed by atoms with Gasteiger partial charge in [0.25, 0.3) is 5.56 Å². The van der Waals surface area contributed by atoms with Crippen LogP contribution < -0.4 is 20.8 Å². The van der Waals surface area contributed by atoms with E-state index in [-0.39, 0.29) is 11.2 Å². The maximum Gasteiger partial charge on any atom is 0.289 e. The molecule has 0 aliphatic carbocycles. The van der Waals surface area contributed by atoms with Crippen LogP contribution >= 0.6 is 0 Å². The van der Waals surface area contributed by atoms with Crippen LogP contribution in [0.4, 0.5) is 5.69 Å². The van der Waals surface area contributed by atoms with Crippen LogP contribution in [-0.4, -0.2) is 24.0 Å². The normalized spacial score (nSPS) is 10.4. The molecule has 6 nitrogen and oxygen atoms in total. The Morgan fingerprint density at radius 2 is 2.00 bits per heavy atom. The van der Waals surface area contributed by atoms with E-state index in [0.29, 0.717) is 23.7 Å². The number of benzene rings is 1. The molecule has 112 valence electrons. The molecule has 2 aromatic rings. The minimum Gasteiger partial charge on any atom is -0.497 e. The van der Waals surface area contributed by atoms with Gasteiger partial charge in [-0.3, -0.25) is 4.79 Å². The lowest BCUT2D eigenvalue weighted by Crippen LogP contribution is -2.25. The largest absolute Gasteiger partial charge is 0.497 e. The van der Waals surface area contributed by atoms with E-state index in [9.17, 15) is 4.79 Å². The van der Waals surface area contributed by atoms with Crippen LogP contribution in [-0.2, 0) is 6.54 Å². The second kappa shape index (κ2) is 6.30. The first-order chi connectivity index (χ1) is 10.1. The fraction of sp³-hybridized carbons (Fsp3) is 0.333. The molecule has 21 heavy (non-hydrogen) atoms. The first kappa shape index (κ1) is 14.9. The van der Waals surface area contributed by atoms with Gasteiger partial charge in [0.15, 0.2) is 0 Å². The topological polar surface area (TPSA) is 79.4 Å². The summed E-state index contributed by atoms with van der Waals surface area (Å²) in [6.07, 6.45) is 0.801. The van der Waals surface area contributed by atoms with E-state index in [0.717, 1.165) is 12.0 Å². The van der Waals surface area contributed by atoms with Crippen molar-refractivity contribution in [3.8, 4) is 22.8 Å². The molecule has 1 heterocycles. The zero-order valence-electron chi connectivity index (χ0n) is 12.4. The smallest absolute Gasteiger partial charge is 0.289 e. The molecule has 0 unspecified atom stereocenters. The number of nitrogens with zero attached hydrogens (tertiary/aromatic N) is 2. The molecule has 1 aromatic heterocycles. The Labute approximate surface area is 123 Å². The maximum atomic E-state index is 11.9. The van der Waals surface area contributed by atoms with Gasteiger partial charge >= 0.3 is 0 Å². The molecule has 0 saturated heterocycles. The van der Waals surface area contributed by atoms with Gasteiger partial charge in [-0.1, -0.05) is 6.92 Å². The Kier molecular flexibility index (Phi) is 4.47. The highest BCUT2D eigenvalue weighted by atomic mass is 16.5. The van der Waals surface area contributed by atoms with Crippen molar-refractivity contribution in [1.82, 2.24) is 9.78 Å². The van der Waals surface area contributed by atoms with E-state index in [2.05, 4.69) is 5.10 Å². The number of rotatable bonds is 5. The summed E-state index contributed by atoms with van der Waals surface area (Å²) in [7, 11) is 3.16. The van der Waals surface area contributed by atoms with Crippen LogP contribution in [0.1, 0.15) is 13.3 Å². The highest BCUT2D eigenvalue weighted by Crippen LogP contribution is 2.32. The van der Waals surface area contributed by atoms with Crippen LogP contribution in [0, 0.1) is 0 Å². The molecule has 6 heteroatoms. The van der Waals surface area contributed by atoms with Gasteiger partial charge in [-0.25, -0.2) is 4.68 Å². The second-order valence-corrected chi connectivity index (χ2v) is 4.58. The van der Waals surface area contributed by atoms with E-state index in [4.69, 9.17) is 15.2 Å². The minimum absolute atomic E-state index is 0.173. The monoisotopic (exact) mass is 289 g/mol. The molecule has 0 spiro atoms. The molecule has 1 aromatic carbocycles. The van der Waals surface area contributed by atoms with Crippen molar-refractivity contribution in [2.24, 2.45) is 0 Å². The number of hydrogen-bond donors (Lipinski definition) is 1. The van der Waals surface area contributed by atoms with Crippen LogP contribution in [0.5, 0.6) is 11.5 Å². The third-order valence-electron chi connectivity index (χ3n) is 3.12. The third kappa shape index (κ3) is 2.99. The van der Waals surface area contributed by atoms with E-state index in [1.807, 2.05) is 19.1 Å². The zero-order chi connectivity index (χ0) is 15.4. The molecule has 0 aliphatic rings. The van der Waals surface area contributed by atoms with Crippen molar-refractivity contribution >= 4 is 5.69 Å². The van der Waals surface area contributed by atoms with Crippen LogP contribution in [0.25, 0.3) is 11.3 Å². The molecule has 0 saturated carbocycles. The third-order valence-corrected chi connectivity index (χ3v) is 3.12. The number of nitrogens with two attached hydrogens (primary N) is 1. The molecule has 0 aliphatic heterocycles. The molecule has 0 atom stereocenters. The summed E-state index contributed by atoms with van der Waals surface area (Å²) in [5.41, 5.74) is 7.06. The van der Waals surface area contributed by atoms with Crippen LogP contribution in [0.3, 0.4) is 0 Å². The van der Waals surface area contributed by atoms with Gasteiger partial charge in [0.1, 0.15) is 17.2 Å². The van der Waals surface area contributed by atoms with Crippen molar-refractivity contribution in [2.45, 2.75) is 19.9 Å². The van der Waals surface area contributed by atoms with Crippen molar-refractivity contribution in [3.05, 3.63) is 34.6 Å². The molecule has 2 rings (SSSR count). The maximum absolute atomic E-state index is 11.9. The fourth-order valence-electron chi connectivity index (χ4n) is 2.07. The Bertz CT molecular complexity index is 695. The molecular weight excluding hydrogens is 270 g/mol. The molecule has 0 amide bonds. The predicted octanol–water partition coefficient (Wildman–Crippen LogP) is 1.92. The van der Waals surface area contributed by atoms with Crippen molar-refractivity contribution < 1.29 is 9.47 Å². The zero-order valence-corrected chi connectivity index (χ0v) is 12.4. The highest BCUT2D eigenvalue weighted by molar-refractivity contribution is 5.70. The van der Waals surface area contributed by atoms with Crippen molar-refractivity contribution in [3.63, 3.8) is 0 Å². The average molecular weight is 289 g/mol. The van der Waals surface area contributed by atoms with Gasteiger partial charge in [-0.05, 0) is 24.6 Å². The highest BCUT2D eigenvalue weighted by Gasteiger charge is 2.12. The van der Waals surface area contributed by atoms with E-state index >= 15 is 0 Å². The van der Waals surface area contributed by atoms with Gasteiger partial charge in [0.05, 0.1) is 19.9 Å². The summed E-state index contributed by atoms with van der Waals surface area (Å²) in [6.45, 7) is 2.50. The standard InChI is InChI=1S/C15H19N3O3/c1-4-7-18-15(19)12(16)9-13(17-18)11-6-5-10(20-2)8-14(11)21-3/h5-6,8-9H,4,7,16H2,1-3H3. The van der Waals surface area contributed by atoms with Crippen LogP contribution in [0.2, 0.25) is 0 Å². The number of aromatic nitrogens is 2. The Morgan fingerprint density at radius 3 is 2.62 bits per heavy atom. The summed E-state index contributed by atoms with van der Waals surface area (Å²) >= 11 is 0. The molecule has 0 bridgehead atoms. The van der Waals surface area contributed by atoms with E-state index < -0.39 is 0 Å². The lowest BCUT2D eigenvalue weighted by molar-refractivity contribution is 0.395. The summed E-state index contributed by atoms with van der Waals surface area (Å²) in [4.78, 5) is 11.9. The number of anilines is 1. The summed E-state index contributed by atoms with van der Waals surface area (Å²) < 4.78 is 11.9. The van der Waals surface area contributed by atoms with Gasteiger partial charge in [0, 0.05) is 18.2 Å². The van der Waals surface area contributed by atoms with Crippen LogP contribution in [0.15, 0.2) is 29.1 Å². The van der Waals surface area contributed by atoms with Crippen molar-refractivity contribution in [2.75, 3.05) is 20.0 Å². The van der Waals surface area contributed by atoms with Gasteiger partial charge in [0.2, 0.25) is 0 Å². The van der Waals surface area contributed by atoms with Crippen molar-refractivity contribution in [1.29, 1.82) is 0 Å². The lowest BCUT2D eigenvalue weighted by atomic mass is 10.1. The quantitative estimate of drug-likeness (QED) is 0.909. The minimum atomic E-state index is -0.270. The Balaban J connectivity index is 2.58. The van der Waals surface area contributed by atoms with Gasteiger partial charge < -0.3 is 15.2 Å². The first-order valence-electron chi connectivity index (χ1n) is 6.70. The predicted molar refractivity (Wildman–Crippen MR) is 81.7 cm³/mol. The average Bonchev–Trinajstić information content (AvgIpc) is 2.51. The lowest BCUT2D eigenvalue weighted by Gasteiger charge is -2.12. The molecular formula is C15H19N3O3. The molecule has 0 fully saturated rings. The first-order valence-corrected chi connectivity index (χ1v) is 6.70. The van der Waals surface area contributed by atoms with Gasteiger partial charge in [-0.2, -0.15) is 5.10 Å². The van der Waals surface area contributed by atoms with E-state index in [1.165, 1.54) is 4.68 Å². The van der Waals surface area contributed by atoms with Gasteiger partial charge in [-0.15, -0.1) is 0 Å². The summed E-state index contributed by atoms with van der Waals surface area (Å²) in [5, 5.41) is 4.36. The van der Waals surface area contributed by atoms with E-state index in [1.54, 1.807) is 26.4 Å². The number of aryl methyl sites for hydroxylation is 1. The fourth-order valence-corrected chi connectivity index (χ4v) is 2.07. The number of nitrogen functional groups attached to an aromatic ring is 1. The number of hydrogen-bond acceptors (Lipinski definition) is 5. The molecule has 2 N–H and O–H groups in total. The SMILES string of the molecule is CCCn1nc(-c2ccc(OC)cc2OC)cc(N)c1=O. The number of ether oxygens (including phenoxy) is 2. The summed E-state index contributed by atoms with van der Waals surface area (Å²) in [5.74, 6) is 1.30. The Hall–Kier alpha value is -2.50.